The molecule has 3 aromatic rings. The Bertz CT molecular complexity index is 965. The summed E-state index contributed by atoms with van der Waals surface area (Å²) in [6.45, 7) is 0. The van der Waals surface area contributed by atoms with Gasteiger partial charge >= 0.3 is 6.18 Å². The van der Waals surface area contributed by atoms with E-state index in [9.17, 15) is 22.8 Å². The Kier molecular flexibility index (Phi) is 5.07. The van der Waals surface area contributed by atoms with Gasteiger partial charge in [0, 0.05) is 22.4 Å². The molecule has 0 atom stereocenters. The molecule has 0 saturated heterocycles. The van der Waals surface area contributed by atoms with Crippen LogP contribution < -0.4 is 5.32 Å². The van der Waals surface area contributed by atoms with Crippen LogP contribution in [0.3, 0.4) is 0 Å². The second-order valence-corrected chi connectivity index (χ2v) is 5.81. The molecule has 1 amide bonds. The third kappa shape index (κ3) is 4.41. The minimum atomic E-state index is -4.46. The highest BCUT2D eigenvalue weighted by Crippen LogP contribution is 2.29. The lowest BCUT2D eigenvalue weighted by atomic mass is 10.0. The molecule has 0 fully saturated rings. The molecular weight excluding hydrogens is 355 g/mol. The van der Waals surface area contributed by atoms with Crippen LogP contribution in [-0.2, 0) is 6.18 Å². The lowest BCUT2D eigenvalue weighted by Gasteiger charge is -2.09. The van der Waals surface area contributed by atoms with Crippen LogP contribution >= 0.6 is 0 Å². The summed E-state index contributed by atoms with van der Waals surface area (Å²) >= 11 is 0. The predicted octanol–water partition coefficient (Wildman–Crippen LogP) is 5.19. The largest absolute Gasteiger partial charge is 0.416 e. The smallest absolute Gasteiger partial charge is 0.322 e. The van der Waals surface area contributed by atoms with Crippen LogP contribution in [0.15, 0.2) is 78.9 Å². The number of ketones is 1. The van der Waals surface area contributed by atoms with Gasteiger partial charge in [-0.15, -0.1) is 0 Å². The van der Waals surface area contributed by atoms with Crippen molar-refractivity contribution in [1.29, 1.82) is 0 Å². The number of rotatable bonds is 4. The van der Waals surface area contributed by atoms with E-state index in [2.05, 4.69) is 5.32 Å². The summed E-state index contributed by atoms with van der Waals surface area (Å²) in [5.41, 5.74) is 0.550. The van der Waals surface area contributed by atoms with Gasteiger partial charge in [-0.3, -0.25) is 9.59 Å². The maximum absolute atomic E-state index is 12.6. The van der Waals surface area contributed by atoms with Crippen LogP contribution in [0, 0.1) is 0 Å². The van der Waals surface area contributed by atoms with Crippen molar-refractivity contribution in [2.75, 3.05) is 5.32 Å². The van der Waals surface area contributed by atoms with Gasteiger partial charge in [0.15, 0.2) is 5.78 Å². The van der Waals surface area contributed by atoms with Gasteiger partial charge in [0.1, 0.15) is 0 Å². The van der Waals surface area contributed by atoms with E-state index >= 15 is 0 Å². The second kappa shape index (κ2) is 7.45. The number of benzene rings is 3. The average molecular weight is 369 g/mol. The zero-order chi connectivity index (χ0) is 19.4. The van der Waals surface area contributed by atoms with E-state index in [0.717, 1.165) is 24.3 Å². The third-order valence-corrected chi connectivity index (χ3v) is 3.89. The van der Waals surface area contributed by atoms with Crippen molar-refractivity contribution < 1.29 is 22.8 Å². The van der Waals surface area contributed by atoms with E-state index < -0.39 is 17.6 Å². The standard InChI is InChI=1S/C21H14F3NO2/c22-21(23,24)17-11-9-15(10-12-17)20(27)25-18-8-4-7-16(13-18)19(26)14-5-2-1-3-6-14/h1-13H,(H,25,27). The molecule has 0 aliphatic heterocycles. The van der Waals surface area contributed by atoms with Crippen molar-refractivity contribution in [3.05, 3.63) is 101 Å². The third-order valence-electron chi connectivity index (χ3n) is 3.89. The molecular formula is C21H14F3NO2. The molecule has 3 aromatic carbocycles. The Hall–Kier alpha value is -3.41. The number of anilines is 1. The summed E-state index contributed by atoms with van der Waals surface area (Å²) in [6, 6.07) is 19.0. The van der Waals surface area contributed by atoms with Gasteiger partial charge in [-0.1, -0.05) is 42.5 Å². The minimum Gasteiger partial charge on any atom is -0.322 e. The Morgan fingerprint density at radius 2 is 1.33 bits per heavy atom. The average Bonchev–Trinajstić information content (AvgIpc) is 2.67. The molecule has 27 heavy (non-hydrogen) atoms. The van der Waals surface area contributed by atoms with Crippen molar-refractivity contribution >= 4 is 17.4 Å². The highest BCUT2D eigenvalue weighted by atomic mass is 19.4. The molecule has 0 saturated carbocycles. The molecule has 6 heteroatoms. The second-order valence-electron chi connectivity index (χ2n) is 5.81. The first-order valence-corrected chi connectivity index (χ1v) is 8.03. The summed E-state index contributed by atoms with van der Waals surface area (Å²) in [6.07, 6.45) is -4.46. The Labute approximate surface area is 153 Å². The summed E-state index contributed by atoms with van der Waals surface area (Å²) in [4.78, 5) is 24.7. The van der Waals surface area contributed by atoms with Crippen molar-refractivity contribution in [3.8, 4) is 0 Å². The number of alkyl halides is 3. The summed E-state index contributed by atoms with van der Waals surface area (Å²) < 4.78 is 37.8. The zero-order valence-electron chi connectivity index (χ0n) is 14.0. The van der Waals surface area contributed by atoms with Crippen LogP contribution in [0.4, 0.5) is 18.9 Å². The molecule has 0 unspecified atom stereocenters. The number of carbonyl (C=O) groups excluding carboxylic acids is 2. The molecule has 3 nitrogen and oxygen atoms in total. The van der Waals surface area contributed by atoms with Crippen LogP contribution in [0.1, 0.15) is 31.8 Å². The van der Waals surface area contributed by atoms with Crippen molar-refractivity contribution in [3.63, 3.8) is 0 Å². The number of hydrogen-bond donors (Lipinski definition) is 1. The molecule has 0 heterocycles. The molecule has 0 aromatic heterocycles. The first-order valence-electron chi connectivity index (χ1n) is 8.03. The van der Waals surface area contributed by atoms with Gasteiger partial charge < -0.3 is 5.32 Å². The molecule has 3 rings (SSSR count). The van der Waals surface area contributed by atoms with Crippen LogP contribution in [0.2, 0.25) is 0 Å². The number of carbonyl (C=O) groups is 2. The van der Waals surface area contributed by atoms with Gasteiger partial charge in [-0.2, -0.15) is 13.2 Å². The number of halogens is 3. The Balaban J connectivity index is 1.76. The van der Waals surface area contributed by atoms with E-state index in [1.54, 1.807) is 48.5 Å². The van der Waals surface area contributed by atoms with Gasteiger partial charge in [-0.25, -0.2) is 0 Å². The molecule has 0 bridgehead atoms. The fourth-order valence-corrected chi connectivity index (χ4v) is 2.51. The van der Waals surface area contributed by atoms with E-state index in [1.807, 2.05) is 0 Å². The quantitative estimate of drug-likeness (QED) is 0.644. The number of nitrogens with one attached hydrogen (secondary N) is 1. The van der Waals surface area contributed by atoms with Crippen LogP contribution in [-0.4, -0.2) is 11.7 Å². The highest BCUT2D eigenvalue weighted by Gasteiger charge is 2.30. The Morgan fingerprint density at radius 1 is 0.704 bits per heavy atom. The van der Waals surface area contributed by atoms with Gasteiger partial charge in [-0.05, 0) is 36.4 Å². The highest BCUT2D eigenvalue weighted by molar-refractivity contribution is 6.10. The maximum Gasteiger partial charge on any atom is 0.416 e. The van der Waals surface area contributed by atoms with Gasteiger partial charge in [0.2, 0.25) is 0 Å². The first-order chi connectivity index (χ1) is 12.8. The SMILES string of the molecule is O=C(Nc1cccc(C(=O)c2ccccc2)c1)c1ccc(C(F)(F)F)cc1. The summed E-state index contributed by atoms with van der Waals surface area (Å²) in [7, 11) is 0. The minimum absolute atomic E-state index is 0.0859. The topological polar surface area (TPSA) is 46.2 Å². The molecule has 0 aliphatic rings. The lowest BCUT2D eigenvalue weighted by Crippen LogP contribution is -2.13. The van der Waals surface area contributed by atoms with Crippen molar-refractivity contribution in [2.45, 2.75) is 6.18 Å². The van der Waals surface area contributed by atoms with E-state index in [4.69, 9.17) is 0 Å². The predicted molar refractivity (Wildman–Crippen MR) is 95.7 cm³/mol. The fourth-order valence-electron chi connectivity index (χ4n) is 2.51. The van der Waals surface area contributed by atoms with Gasteiger partial charge in [0.05, 0.1) is 5.56 Å². The van der Waals surface area contributed by atoms with Crippen molar-refractivity contribution in [2.24, 2.45) is 0 Å². The first kappa shape index (κ1) is 18.4. The normalized spacial score (nSPS) is 11.1. The Morgan fingerprint density at radius 3 is 1.96 bits per heavy atom. The zero-order valence-corrected chi connectivity index (χ0v) is 14.0. The van der Waals surface area contributed by atoms with Crippen molar-refractivity contribution in [1.82, 2.24) is 0 Å². The fraction of sp³-hybridized carbons (Fsp3) is 0.0476. The maximum atomic E-state index is 12.6. The number of amides is 1. The summed E-state index contributed by atoms with van der Waals surface area (Å²) in [5.74, 6) is -0.755. The molecule has 136 valence electrons. The van der Waals surface area contributed by atoms with E-state index in [-0.39, 0.29) is 11.3 Å². The number of hydrogen-bond acceptors (Lipinski definition) is 2. The molecule has 0 radical (unpaired) electrons. The molecule has 1 N–H and O–H groups in total. The molecule has 0 spiro atoms. The van der Waals surface area contributed by atoms with E-state index in [1.165, 1.54) is 6.07 Å². The van der Waals surface area contributed by atoms with Crippen LogP contribution in [0.25, 0.3) is 0 Å². The van der Waals surface area contributed by atoms with Crippen LogP contribution in [0.5, 0.6) is 0 Å². The van der Waals surface area contributed by atoms with Gasteiger partial charge in [0.25, 0.3) is 5.91 Å². The molecule has 0 aliphatic carbocycles. The van der Waals surface area contributed by atoms with E-state index in [0.29, 0.717) is 16.8 Å². The summed E-state index contributed by atoms with van der Waals surface area (Å²) in [5, 5.41) is 2.59. The monoisotopic (exact) mass is 369 g/mol. The lowest BCUT2D eigenvalue weighted by molar-refractivity contribution is -0.137.